The summed E-state index contributed by atoms with van der Waals surface area (Å²) in [6.45, 7) is 3.26. The third-order valence-corrected chi connectivity index (χ3v) is 2.69. The molecule has 0 fully saturated rings. The maximum absolute atomic E-state index is 12.9. The van der Waals surface area contributed by atoms with Gasteiger partial charge in [0.15, 0.2) is 0 Å². The summed E-state index contributed by atoms with van der Waals surface area (Å²) in [4.78, 5) is 22.9. The van der Waals surface area contributed by atoms with Gasteiger partial charge in [0.25, 0.3) is 0 Å². The third-order valence-electron chi connectivity index (χ3n) is 2.69. The molecular formula is C13H17FN2O3. The average molecular weight is 268 g/mol. The van der Waals surface area contributed by atoms with E-state index in [2.05, 4.69) is 10.6 Å². The first kappa shape index (κ1) is 14.9. The highest BCUT2D eigenvalue weighted by atomic mass is 19.1. The zero-order valence-electron chi connectivity index (χ0n) is 10.9. The van der Waals surface area contributed by atoms with Crippen molar-refractivity contribution in [2.45, 2.75) is 32.2 Å². The van der Waals surface area contributed by atoms with E-state index in [9.17, 15) is 14.0 Å². The molecule has 0 aliphatic heterocycles. The Morgan fingerprint density at radius 3 is 2.63 bits per heavy atom. The highest BCUT2D eigenvalue weighted by Gasteiger charge is 2.33. The fourth-order valence-corrected chi connectivity index (χ4v) is 1.70. The van der Waals surface area contributed by atoms with Crippen molar-refractivity contribution >= 4 is 17.7 Å². The van der Waals surface area contributed by atoms with Crippen LogP contribution in [0.3, 0.4) is 0 Å². The maximum Gasteiger partial charge on any atom is 0.329 e. The molecule has 5 nitrogen and oxygen atoms in total. The summed E-state index contributed by atoms with van der Waals surface area (Å²) in [5, 5.41) is 13.9. The Morgan fingerprint density at radius 1 is 1.42 bits per heavy atom. The molecule has 1 aromatic carbocycles. The maximum atomic E-state index is 12.9. The molecule has 6 heteroatoms. The molecule has 2 amide bonds. The number of benzene rings is 1. The van der Waals surface area contributed by atoms with Gasteiger partial charge in [0, 0.05) is 5.69 Å². The van der Waals surface area contributed by atoms with Crippen molar-refractivity contribution in [2.75, 3.05) is 5.32 Å². The second-order valence-electron chi connectivity index (χ2n) is 4.48. The van der Waals surface area contributed by atoms with E-state index >= 15 is 0 Å². The monoisotopic (exact) mass is 268 g/mol. The molecule has 1 atom stereocenters. The lowest BCUT2D eigenvalue weighted by Crippen LogP contribution is -2.53. The van der Waals surface area contributed by atoms with Crippen molar-refractivity contribution < 1.29 is 19.1 Å². The second kappa shape index (κ2) is 6.17. The van der Waals surface area contributed by atoms with E-state index in [-0.39, 0.29) is 5.69 Å². The highest BCUT2D eigenvalue weighted by molar-refractivity contribution is 5.93. The van der Waals surface area contributed by atoms with E-state index in [0.29, 0.717) is 12.8 Å². The summed E-state index contributed by atoms with van der Waals surface area (Å²) in [5.41, 5.74) is -1.08. The van der Waals surface area contributed by atoms with Gasteiger partial charge < -0.3 is 15.7 Å². The van der Waals surface area contributed by atoms with Crippen LogP contribution in [0.2, 0.25) is 0 Å². The predicted molar refractivity (Wildman–Crippen MR) is 69.5 cm³/mol. The van der Waals surface area contributed by atoms with Crippen LogP contribution in [0, 0.1) is 5.82 Å². The molecule has 0 aliphatic rings. The fourth-order valence-electron chi connectivity index (χ4n) is 1.70. The van der Waals surface area contributed by atoms with Crippen LogP contribution in [0.25, 0.3) is 0 Å². The van der Waals surface area contributed by atoms with E-state index in [4.69, 9.17) is 5.11 Å². The summed E-state index contributed by atoms with van der Waals surface area (Å²) >= 11 is 0. The van der Waals surface area contributed by atoms with Gasteiger partial charge in [-0.25, -0.2) is 14.0 Å². The molecule has 19 heavy (non-hydrogen) atoms. The first-order chi connectivity index (χ1) is 8.87. The Bertz CT molecular complexity index is 479. The second-order valence-corrected chi connectivity index (χ2v) is 4.48. The van der Waals surface area contributed by atoms with E-state index in [1.807, 2.05) is 6.92 Å². The number of nitrogens with one attached hydrogen (secondary N) is 2. The molecule has 1 rings (SSSR count). The highest BCUT2D eigenvalue weighted by Crippen LogP contribution is 2.14. The minimum absolute atomic E-state index is 0.265. The van der Waals surface area contributed by atoms with Crippen molar-refractivity contribution in [1.29, 1.82) is 0 Å². The van der Waals surface area contributed by atoms with Gasteiger partial charge in [-0.05, 0) is 31.5 Å². The van der Waals surface area contributed by atoms with Gasteiger partial charge in [0.1, 0.15) is 11.4 Å². The van der Waals surface area contributed by atoms with E-state index in [0.717, 1.165) is 6.07 Å². The van der Waals surface area contributed by atoms with Crippen LogP contribution in [0.15, 0.2) is 24.3 Å². The topological polar surface area (TPSA) is 78.4 Å². The number of anilines is 1. The molecule has 0 heterocycles. The number of aliphatic carboxylic acids is 1. The van der Waals surface area contributed by atoms with Crippen LogP contribution in [0.5, 0.6) is 0 Å². The molecule has 1 unspecified atom stereocenters. The number of hydrogen-bond acceptors (Lipinski definition) is 2. The molecule has 0 saturated carbocycles. The van der Waals surface area contributed by atoms with Gasteiger partial charge in [0.05, 0.1) is 0 Å². The standard InChI is InChI=1S/C13H17FN2O3/c1-3-7-13(2,11(17)18)16-12(19)15-10-6-4-5-9(14)8-10/h4-6,8H,3,7H2,1-2H3,(H,17,18)(H2,15,16,19). The van der Waals surface area contributed by atoms with Gasteiger partial charge in [-0.3, -0.25) is 0 Å². The average Bonchev–Trinajstić information content (AvgIpc) is 2.28. The molecule has 0 spiro atoms. The Kier molecular flexibility index (Phi) is 4.86. The molecule has 3 N–H and O–H groups in total. The van der Waals surface area contributed by atoms with Crippen LogP contribution in [-0.2, 0) is 4.79 Å². The van der Waals surface area contributed by atoms with Crippen molar-refractivity contribution in [3.05, 3.63) is 30.1 Å². The summed E-state index contributed by atoms with van der Waals surface area (Å²) in [5.74, 6) is -1.59. The molecular weight excluding hydrogens is 251 g/mol. The minimum Gasteiger partial charge on any atom is -0.480 e. The number of rotatable bonds is 5. The van der Waals surface area contributed by atoms with E-state index < -0.39 is 23.4 Å². The largest absolute Gasteiger partial charge is 0.480 e. The Hall–Kier alpha value is -2.11. The van der Waals surface area contributed by atoms with E-state index in [1.54, 1.807) is 0 Å². The summed E-state index contributed by atoms with van der Waals surface area (Å²) in [7, 11) is 0. The number of carbonyl (C=O) groups excluding carboxylic acids is 1. The number of carboxylic acids is 1. The number of urea groups is 1. The summed E-state index contributed by atoms with van der Waals surface area (Å²) in [6, 6.07) is 4.69. The number of hydrogen-bond donors (Lipinski definition) is 3. The molecule has 104 valence electrons. The lowest BCUT2D eigenvalue weighted by molar-refractivity contribution is -0.143. The number of amides is 2. The Balaban J connectivity index is 2.71. The summed E-state index contributed by atoms with van der Waals surface area (Å²) < 4.78 is 12.9. The van der Waals surface area contributed by atoms with Crippen LogP contribution >= 0.6 is 0 Å². The Labute approximate surface area is 110 Å². The van der Waals surface area contributed by atoms with Gasteiger partial charge >= 0.3 is 12.0 Å². The quantitative estimate of drug-likeness (QED) is 0.768. The van der Waals surface area contributed by atoms with Gasteiger partial charge in [0.2, 0.25) is 0 Å². The van der Waals surface area contributed by atoms with Crippen LogP contribution in [0.1, 0.15) is 26.7 Å². The fraction of sp³-hybridized carbons (Fsp3) is 0.385. The zero-order chi connectivity index (χ0) is 14.5. The lowest BCUT2D eigenvalue weighted by Gasteiger charge is -2.25. The van der Waals surface area contributed by atoms with Gasteiger partial charge in [-0.1, -0.05) is 19.4 Å². The summed E-state index contributed by atoms with van der Waals surface area (Å²) in [6.07, 6.45) is 0.919. The predicted octanol–water partition coefficient (Wildman–Crippen LogP) is 2.59. The molecule has 0 bridgehead atoms. The van der Waals surface area contributed by atoms with E-state index in [1.165, 1.54) is 25.1 Å². The molecule has 0 radical (unpaired) electrons. The van der Waals surface area contributed by atoms with Crippen molar-refractivity contribution in [3.8, 4) is 0 Å². The SMILES string of the molecule is CCCC(C)(NC(=O)Nc1cccc(F)c1)C(=O)O. The first-order valence-corrected chi connectivity index (χ1v) is 5.95. The van der Waals surface area contributed by atoms with Crippen LogP contribution in [-0.4, -0.2) is 22.6 Å². The van der Waals surface area contributed by atoms with Gasteiger partial charge in [-0.2, -0.15) is 0 Å². The number of carboxylic acid groups (broad SMARTS) is 1. The van der Waals surface area contributed by atoms with Crippen molar-refractivity contribution in [2.24, 2.45) is 0 Å². The number of halogens is 1. The molecule has 1 aromatic rings. The normalized spacial score (nSPS) is 13.4. The minimum atomic E-state index is -1.34. The first-order valence-electron chi connectivity index (χ1n) is 5.95. The van der Waals surface area contributed by atoms with Gasteiger partial charge in [-0.15, -0.1) is 0 Å². The van der Waals surface area contributed by atoms with Crippen LogP contribution in [0.4, 0.5) is 14.9 Å². The smallest absolute Gasteiger partial charge is 0.329 e. The zero-order valence-corrected chi connectivity index (χ0v) is 10.9. The molecule has 0 saturated heterocycles. The molecule has 0 aromatic heterocycles. The number of carbonyl (C=O) groups is 2. The van der Waals surface area contributed by atoms with Crippen LogP contribution < -0.4 is 10.6 Å². The van der Waals surface area contributed by atoms with Crippen molar-refractivity contribution in [3.63, 3.8) is 0 Å². The molecule has 0 aliphatic carbocycles. The third kappa shape index (κ3) is 4.24. The lowest BCUT2D eigenvalue weighted by atomic mass is 9.97. The Morgan fingerprint density at radius 2 is 2.11 bits per heavy atom. The van der Waals surface area contributed by atoms with Crippen molar-refractivity contribution in [1.82, 2.24) is 5.32 Å².